The Morgan fingerprint density at radius 1 is 1.00 bits per heavy atom. The lowest BCUT2D eigenvalue weighted by Gasteiger charge is -2.30. The van der Waals surface area contributed by atoms with E-state index in [9.17, 15) is 13.2 Å². The number of aromatic amines is 1. The third kappa shape index (κ3) is 6.53. The zero-order valence-electron chi connectivity index (χ0n) is 24.8. The first-order chi connectivity index (χ1) is 20.1. The summed E-state index contributed by atoms with van der Waals surface area (Å²) in [6, 6.07) is 22.4. The van der Waals surface area contributed by atoms with Crippen molar-refractivity contribution in [1.82, 2.24) is 9.88 Å². The number of benzene rings is 3. The maximum atomic E-state index is 13.3. The molecule has 0 spiro atoms. The van der Waals surface area contributed by atoms with Crippen molar-refractivity contribution in [2.45, 2.75) is 44.4 Å². The van der Waals surface area contributed by atoms with E-state index in [-0.39, 0.29) is 16.2 Å². The van der Waals surface area contributed by atoms with E-state index in [1.807, 2.05) is 66.4 Å². The molecule has 5 rings (SSSR count). The number of carbonyl (C=O) groups excluding carboxylic acids is 1. The van der Waals surface area contributed by atoms with Crippen LogP contribution < -0.4 is 9.62 Å². The van der Waals surface area contributed by atoms with Gasteiger partial charge < -0.3 is 9.72 Å². The van der Waals surface area contributed by atoms with Gasteiger partial charge in [0.1, 0.15) is 5.82 Å². The van der Waals surface area contributed by atoms with Gasteiger partial charge in [0.2, 0.25) is 5.91 Å². The van der Waals surface area contributed by atoms with Crippen molar-refractivity contribution >= 4 is 38.3 Å². The van der Waals surface area contributed by atoms with Gasteiger partial charge in [-0.05, 0) is 46.9 Å². The summed E-state index contributed by atoms with van der Waals surface area (Å²) < 4.78 is 34.9. The van der Waals surface area contributed by atoms with E-state index in [1.54, 1.807) is 18.2 Å². The van der Waals surface area contributed by atoms with Crippen LogP contribution in [0.1, 0.15) is 39.7 Å². The fraction of sp³-hybridized carbons (Fsp3) is 0.364. The molecule has 1 fully saturated rings. The maximum Gasteiger partial charge on any atom is 0.261 e. The Bertz CT molecular complexity index is 1640. The first kappa shape index (κ1) is 29.8. The molecule has 0 atom stereocenters. The van der Waals surface area contributed by atoms with E-state index in [0.29, 0.717) is 37.7 Å². The quantitative estimate of drug-likeness (QED) is 0.250. The van der Waals surface area contributed by atoms with E-state index >= 15 is 0 Å². The second-order valence-electron chi connectivity index (χ2n) is 11.7. The fourth-order valence-electron chi connectivity index (χ4n) is 5.31. The second kappa shape index (κ2) is 12.3. The molecule has 2 heterocycles. The molecule has 0 radical (unpaired) electrons. The molecule has 1 amide bonds. The van der Waals surface area contributed by atoms with Gasteiger partial charge >= 0.3 is 0 Å². The zero-order valence-corrected chi connectivity index (χ0v) is 25.6. The van der Waals surface area contributed by atoms with E-state index in [4.69, 9.17) is 4.74 Å². The number of ether oxygens (including phenoxy) is 1. The standard InChI is InChI=1S/C33H40N4O4S/c1-5-30(38)37(18-17-36-19-21-41-22-20-36)32-31(24-9-7-6-8-10-24)28-23-26(13-16-29(28)34-32)35-42(39,40)27-14-11-25(12-15-27)33(2,3)4/h6-16,23,34-35H,5,17-22H2,1-4H3. The van der Waals surface area contributed by atoms with Crippen LogP contribution in [0.25, 0.3) is 22.0 Å². The molecule has 0 unspecified atom stereocenters. The summed E-state index contributed by atoms with van der Waals surface area (Å²) in [5.74, 6) is 0.737. The lowest BCUT2D eigenvalue weighted by Crippen LogP contribution is -2.43. The van der Waals surface area contributed by atoms with Crippen LogP contribution in [-0.2, 0) is 25.0 Å². The minimum Gasteiger partial charge on any atom is -0.379 e. The highest BCUT2D eigenvalue weighted by molar-refractivity contribution is 7.92. The molecule has 4 aromatic rings. The summed E-state index contributed by atoms with van der Waals surface area (Å²) in [6.07, 6.45) is 0.367. The Morgan fingerprint density at radius 3 is 2.33 bits per heavy atom. The highest BCUT2D eigenvalue weighted by Gasteiger charge is 2.25. The lowest BCUT2D eigenvalue weighted by molar-refractivity contribution is -0.118. The van der Waals surface area contributed by atoms with Gasteiger partial charge in [-0.2, -0.15) is 0 Å². The summed E-state index contributed by atoms with van der Waals surface area (Å²) >= 11 is 0. The number of nitrogens with zero attached hydrogens (tertiary/aromatic N) is 2. The average Bonchev–Trinajstić information content (AvgIpc) is 3.36. The van der Waals surface area contributed by atoms with Gasteiger partial charge in [-0.1, -0.05) is 70.2 Å². The van der Waals surface area contributed by atoms with Gasteiger partial charge in [-0.25, -0.2) is 8.42 Å². The van der Waals surface area contributed by atoms with Crippen molar-refractivity contribution in [3.05, 3.63) is 78.4 Å². The van der Waals surface area contributed by atoms with Crippen molar-refractivity contribution in [3.8, 4) is 11.1 Å². The van der Waals surface area contributed by atoms with Crippen LogP contribution in [0.3, 0.4) is 0 Å². The van der Waals surface area contributed by atoms with Gasteiger partial charge in [0.15, 0.2) is 0 Å². The molecule has 1 aromatic heterocycles. The van der Waals surface area contributed by atoms with Gasteiger partial charge in [0, 0.05) is 54.8 Å². The number of hydrogen-bond acceptors (Lipinski definition) is 5. The third-order valence-electron chi connectivity index (χ3n) is 7.74. The summed E-state index contributed by atoms with van der Waals surface area (Å²) in [7, 11) is -3.81. The second-order valence-corrected chi connectivity index (χ2v) is 13.4. The summed E-state index contributed by atoms with van der Waals surface area (Å²) in [6.45, 7) is 12.5. The number of H-pyrrole nitrogens is 1. The average molecular weight is 589 g/mol. The van der Waals surface area contributed by atoms with Crippen molar-refractivity contribution in [1.29, 1.82) is 0 Å². The lowest BCUT2D eigenvalue weighted by atomic mass is 9.87. The number of fused-ring (bicyclic) bond motifs is 1. The zero-order chi connectivity index (χ0) is 29.9. The number of morpholine rings is 1. The van der Waals surface area contributed by atoms with Crippen LogP contribution >= 0.6 is 0 Å². The number of amides is 1. The highest BCUT2D eigenvalue weighted by Crippen LogP contribution is 2.39. The van der Waals surface area contributed by atoms with Crippen LogP contribution in [-0.4, -0.2) is 63.6 Å². The van der Waals surface area contributed by atoms with Gasteiger partial charge in [0.25, 0.3) is 10.0 Å². The molecule has 0 aliphatic carbocycles. The number of nitrogens with one attached hydrogen (secondary N) is 2. The summed E-state index contributed by atoms with van der Waals surface area (Å²) in [5, 5.41) is 0.833. The molecule has 0 bridgehead atoms. The van der Waals surface area contributed by atoms with Crippen LogP contribution in [0, 0.1) is 0 Å². The molecule has 42 heavy (non-hydrogen) atoms. The monoisotopic (exact) mass is 588 g/mol. The highest BCUT2D eigenvalue weighted by atomic mass is 32.2. The fourth-order valence-corrected chi connectivity index (χ4v) is 6.36. The van der Waals surface area contributed by atoms with E-state index in [1.165, 1.54) is 0 Å². The molecule has 0 saturated carbocycles. The molecule has 2 N–H and O–H groups in total. The number of hydrogen-bond donors (Lipinski definition) is 2. The Hall–Kier alpha value is -3.66. The maximum absolute atomic E-state index is 13.3. The van der Waals surface area contributed by atoms with Gasteiger partial charge in [-0.3, -0.25) is 19.3 Å². The predicted molar refractivity (Wildman–Crippen MR) is 170 cm³/mol. The SMILES string of the molecule is CCC(=O)N(CCN1CCOCC1)c1[nH]c2ccc(NS(=O)(=O)c3ccc(C(C)(C)C)cc3)cc2c1-c1ccccc1. The van der Waals surface area contributed by atoms with Crippen LogP contribution in [0.4, 0.5) is 11.5 Å². The summed E-state index contributed by atoms with van der Waals surface area (Å²) in [5.41, 5.74) is 4.07. The molecule has 1 aliphatic rings. The predicted octanol–water partition coefficient (Wildman–Crippen LogP) is 6.01. The van der Waals surface area contributed by atoms with Crippen LogP contribution in [0.5, 0.6) is 0 Å². The largest absolute Gasteiger partial charge is 0.379 e. The number of anilines is 2. The molecule has 8 nitrogen and oxygen atoms in total. The summed E-state index contributed by atoms with van der Waals surface area (Å²) in [4.78, 5) is 21.2. The molecule has 1 aliphatic heterocycles. The molecule has 1 saturated heterocycles. The van der Waals surface area contributed by atoms with Gasteiger partial charge in [-0.15, -0.1) is 0 Å². The number of carbonyl (C=O) groups is 1. The topological polar surface area (TPSA) is 94.7 Å². The van der Waals surface area contributed by atoms with E-state index < -0.39 is 10.0 Å². The number of aromatic nitrogens is 1. The Morgan fingerprint density at radius 2 is 1.69 bits per heavy atom. The normalized spacial score (nSPS) is 14.7. The van der Waals surface area contributed by atoms with Gasteiger partial charge in [0.05, 0.1) is 18.1 Å². The molecule has 9 heteroatoms. The first-order valence-corrected chi connectivity index (χ1v) is 16.0. The van der Waals surface area contributed by atoms with Crippen molar-refractivity contribution in [2.24, 2.45) is 0 Å². The van der Waals surface area contributed by atoms with Crippen molar-refractivity contribution < 1.29 is 17.9 Å². The first-order valence-electron chi connectivity index (χ1n) is 14.5. The third-order valence-corrected chi connectivity index (χ3v) is 9.14. The van der Waals surface area contributed by atoms with E-state index in [0.717, 1.165) is 47.2 Å². The Kier molecular flexibility index (Phi) is 8.73. The minimum absolute atomic E-state index is 0.0200. The smallest absolute Gasteiger partial charge is 0.261 e. The van der Waals surface area contributed by atoms with Crippen molar-refractivity contribution in [2.75, 3.05) is 49.0 Å². The molecule has 222 valence electrons. The minimum atomic E-state index is -3.81. The Balaban J connectivity index is 1.52. The van der Waals surface area contributed by atoms with Crippen LogP contribution in [0.15, 0.2) is 77.7 Å². The number of sulfonamides is 1. The Labute approximate surface area is 248 Å². The molecule has 3 aromatic carbocycles. The van der Waals surface area contributed by atoms with Crippen molar-refractivity contribution in [3.63, 3.8) is 0 Å². The van der Waals surface area contributed by atoms with Crippen LogP contribution in [0.2, 0.25) is 0 Å². The molecular formula is C33H40N4O4S. The van der Waals surface area contributed by atoms with E-state index in [2.05, 4.69) is 35.4 Å². The number of rotatable bonds is 9. The molecular weight excluding hydrogens is 548 g/mol.